The fourth-order valence-corrected chi connectivity index (χ4v) is 3.72. The Morgan fingerprint density at radius 2 is 1.90 bits per heavy atom. The predicted molar refractivity (Wildman–Crippen MR) is 116 cm³/mol. The molecule has 0 aliphatic carbocycles. The van der Waals surface area contributed by atoms with E-state index in [9.17, 15) is 0 Å². The minimum Gasteiger partial charge on any atom is -0.497 e. The number of hydrogen-bond donors (Lipinski definition) is 0. The molecule has 0 saturated carbocycles. The van der Waals surface area contributed by atoms with Gasteiger partial charge in [-0.25, -0.2) is 4.68 Å². The van der Waals surface area contributed by atoms with Gasteiger partial charge in [0.1, 0.15) is 11.5 Å². The molecule has 0 atom stereocenters. The lowest BCUT2D eigenvalue weighted by atomic mass is 10.1. The van der Waals surface area contributed by atoms with Crippen molar-refractivity contribution in [2.75, 3.05) is 20.8 Å². The van der Waals surface area contributed by atoms with E-state index < -0.39 is 0 Å². The second kappa shape index (κ2) is 9.22. The first-order valence-electron chi connectivity index (χ1n) is 9.10. The van der Waals surface area contributed by atoms with Crippen LogP contribution in [-0.2, 0) is 0 Å². The molecule has 0 saturated heterocycles. The molecule has 6 nitrogen and oxygen atoms in total. The van der Waals surface area contributed by atoms with Crippen molar-refractivity contribution in [1.82, 2.24) is 4.68 Å². The Hall–Kier alpha value is -3.37. The zero-order chi connectivity index (χ0) is 20.8. The molecule has 148 valence electrons. The number of thiazole rings is 1. The molecule has 0 bridgehead atoms. The van der Waals surface area contributed by atoms with Crippen LogP contribution in [0.4, 0.5) is 0 Å². The van der Waals surface area contributed by atoms with Crippen LogP contribution >= 0.6 is 11.3 Å². The summed E-state index contributed by atoms with van der Waals surface area (Å²) >= 11 is 1.52. The average molecular weight is 407 g/mol. The van der Waals surface area contributed by atoms with E-state index >= 15 is 0 Å². The van der Waals surface area contributed by atoms with Crippen LogP contribution in [0.5, 0.6) is 11.5 Å². The van der Waals surface area contributed by atoms with Gasteiger partial charge in [-0.05, 0) is 49.7 Å². The predicted octanol–water partition coefficient (Wildman–Crippen LogP) is 4.30. The molecule has 3 aromatic rings. The summed E-state index contributed by atoms with van der Waals surface area (Å²) in [6.45, 7) is 4.59. The average Bonchev–Trinajstić information content (AvgIpc) is 3.15. The maximum Gasteiger partial charge on any atom is 0.206 e. The lowest BCUT2D eigenvalue weighted by Gasteiger charge is -2.11. The van der Waals surface area contributed by atoms with Crippen LogP contribution in [-0.4, -0.2) is 31.2 Å². The van der Waals surface area contributed by atoms with Crippen LogP contribution < -0.4 is 14.3 Å². The summed E-state index contributed by atoms with van der Waals surface area (Å²) in [6, 6.07) is 15.2. The highest BCUT2D eigenvalue weighted by molar-refractivity contribution is 7.07. The molecule has 0 aliphatic rings. The van der Waals surface area contributed by atoms with E-state index in [1.165, 1.54) is 11.3 Å². The smallest absolute Gasteiger partial charge is 0.206 e. The van der Waals surface area contributed by atoms with Crippen molar-refractivity contribution < 1.29 is 9.47 Å². The van der Waals surface area contributed by atoms with Crippen molar-refractivity contribution in [3.05, 3.63) is 63.8 Å². The first-order chi connectivity index (χ1) is 14.1. The summed E-state index contributed by atoms with van der Waals surface area (Å²) in [5, 5.41) is 15.9. The Bertz CT molecular complexity index is 1130. The van der Waals surface area contributed by atoms with Crippen LogP contribution in [0.1, 0.15) is 25.0 Å². The van der Waals surface area contributed by atoms with E-state index in [0.717, 1.165) is 38.8 Å². The van der Waals surface area contributed by atoms with E-state index in [0.29, 0.717) is 12.1 Å². The van der Waals surface area contributed by atoms with Gasteiger partial charge in [0.15, 0.2) is 0 Å². The second-order valence-corrected chi connectivity index (χ2v) is 6.97. The number of aromatic nitrogens is 1. The lowest BCUT2D eigenvalue weighted by molar-refractivity contribution is 0.404. The molecule has 0 fully saturated rings. The number of hydrogen-bond acceptors (Lipinski definition) is 6. The van der Waals surface area contributed by atoms with Crippen molar-refractivity contribution in [1.29, 1.82) is 5.26 Å². The zero-order valence-electron chi connectivity index (χ0n) is 16.8. The third-order valence-corrected chi connectivity index (χ3v) is 5.20. The largest absolute Gasteiger partial charge is 0.497 e. The standard InChI is InChI=1S/C22H22N4O2S/c1-5-24-22-26(25-15(2)17-8-6-16(13-23)7-9-17)20(14-29-22)19-12-18(27-3)10-11-21(19)28-4/h6-12,14H,5H2,1-4H3. The molecule has 2 aromatic carbocycles. The molecule has 0 radical (unpaired) electrons. The molecule has 0 amide bonds. The van der Waals surface area contributed by atoms with Gasteiger partial charge in [0.2, 0.25) is 4.80 Å². The Morgan fingerprint density at radius 3 is 2.52 bits per heavy atom. The molecule has 0 N–H and O–H groups in total. The number of methoxy groups -OCH3 is 2. The SMILES string of the molecule is CCN=c1scc(-c2cc(OC)ccc2OC)n1N=C(C)c1ccc(C#N)cc1. The number of ether oxygens (including phenoxy) is 2. The van der Waals surface area contributed by atoms with Gasteiger partial charge in [-0.2, -0.15) is 10.4 Å². The summed E-state index contributed by atoms with van der Waals surface area (Å²) < 4.78 is 12.8. The topological polar surface area (TPSA) is 71.9 Å². The molecule has 0 spiro atoms. The van der Waals surface area contributed by atoms with Crippen molar-refractivity contribution in [2.45, 2.75) is 13.8 Å². The van der Waals surface area contributed by atoms with E-state index in [1.54, 1.807) is 26.4 Å². The van der Waals surface area contributed by atoms with E-state index in [2.05, 4.69) is 11.1 Å². The molecule has 3 rings (SSSR count). The fourth-order valence-electron chi connectivity index (χ4n) is 2.83. The minimum atomic E-state index is 0.619. The van der Waals surface area contributed by atoms with Crippen LogP contribution in [0, 0.1) is 11.3 Å². The number of nitriles is 1. The third-order valence-electron chi connectivity index (χ3n) is 4.34. The van der Waals surface area contributed by atoms with Gasteiger partial charge in [0.05, 0.1) is 37.3 Å². The Labute approximate surface area is 174 Å². The quantitative estimate of drug-likeness (QED) is 0.573. The molecule has 0 aliphatic heterocycles. The molecule has 1 aromatic heterocycles. The fraction of sp³-hybridized carbons (Fsp3) is 0.227. The number of benzene rings is 2. The maximum absolute atomic E-state index is 9.01. The van der Waals surface area contributed by atoms with Crippen LogP contribution in [0.3, 0.4) is 0 Å². The van der Waals surface area contributed by atoms with Gasteiger partial charge in [-0.3, -0.25) is 4.99 Å². The monoisotopic (exact) mass is 406 g/mol. The third kappa shape index (κ3) is 4.39. The van der Waals surface area contributed by atoms with Crippen molar-refractivity contribution in [3.8, 4) is 28.8 Å². The van der Waals surface area contributed by atoms with Gasteiger partial charge >= 0.3 is 0 Å². The van der Waals surface area contributed by atoms with Gasteiger partial charge in [0.25, 0.3) is 0 Å². The van der Waals surface area contributed by atoms with Crippen molar-refractivity contribution in [3.63, 3.8) is 0 Å². The van der Waals surface area contributed by atoms with Crippen LogP contribution in [0.15, 0.2) is 57.9 Å². The molecule has 29 heavy (non-hydrogen) atoms. The first-order valence-corrected chi connectivity index (χ1v) is 9.98. The van der Waals surface area contributed by atoms with Gasteiger partial charge in [-0.1, -0.05) is 12.1 Å². The Balaban J connectivity index is 2.18. The van der Waals surface area contributed by atoms with E-state index in [4.69, 9.17) is 19.8 Å². The van der Waals surface area contributed by atoms with Crippen LogP contribution in [0.2, 0.25) is 0 Å². The molecular weight excluding hydrogens is 384 g/mol. The molecule has 7 heteroatoms. The maximum atomic E-state index is 9.01. The summed E-state index contributed by atoms with van der Waals surface area (Å²) in [4.78, 5) is 5.38. The lowest BCUT2D eigenvalue weighted by Crippen LogP contribution is -2.14. The van der Waals surface area contributed by atoms with E-state index in [1.807, 2.05) is 54.2 Å². The van der Waals surface area contributed by atoms with Crippen molar-refractivity contribution in [2.24, 2.45) is 10.1 Å². The first kappa shape index (κ1) is 20.4. The highest BCUT2D eigenvalue weighted by Crippen LogP contribution is 2.33. The normalized spacial score (nSPS) is 12.0. The Kier molecular flexibility index (Phi) is 6.47. The summed E-state index contributed by atoms with van der Waals surface area (Å²) in [6.07, 6.45) is 0. The number of rotatable bonds is 6. The molecule has 0 unspecified atom stereocenters. The molecule has 1 heterocycles. The summed E-state index contributed by atoms with van der Waals surface area (Å²) in [5.74, 6) is 1.46. The van der Waals surface area contributed by atoms with E-state index in [-0.39, 0.29) is 0 Å². The Morgan fingerprint density at radius 1 is 1.14 bits per heavy atom. The summed E-state index contributed by atoms with van der Waals surface area (Å²) in [7, 11) is 3.28. The van der Waals surface area contributed by atoms with Gasteiger partial charge in [0, 0.05) is 17.5 Å². The van der Waals surface area contributed by atoms with Crippen molar-refractivity contribution >= 4 is 17.0 Å². The van der Waals surface area contributed by atoms with Crippen LogP contribution in [0.25, 0.3) is 11.3 Å². The zero-order valence-corrected chi connectivity index (χ0v) is 17.7. The summed E-state index contributed by atoms with van der Waals surface area (Å²) in [5.41, 5.74) is 4.11. The highest BCUT2D eigenvalue weighted by atomic mass is 32.1. The highest BCUT2D eigenvalue weighted by Gasteiger charge is 2.14. The molecular formula is C22H22N4O2S. The second-order valence-electron chi connectivity index (χ2n) is 6.13. The van der Waals surface area contributed by atoms with Gasteiger partial charge in [-0.15, -0.1) is 11.3 Å². The number of nitrogens with zero attached hydrogens (tertiary/aromatic N) is 4. The minimum absolute atomic E-state index is 0.619. The van der Waals surface area contributed by atoms with Gasteiger partial charge < -0.3 is 9.47 Å².